The fraction of sp³-hybridized carbons (Fsp3) is 0.143. The SMILES string of the molecule is COc1ccc(C=c2sc3n(c2=O)[C@H](c2ccccc2Cl)C2=C(N=3)c3ccccc3CC2)cc1. The Labute approximate surface area is 205 Å². The Morgan fingerprint density at radius 3 is 2.59 bits per heavy atom. The van der Waals surface area contributed by atoms with Gasteiger partial charge >= 0.3 is 0 Å². The van der Waals surface area contributed by atoms with E-state index in [1.807, 2.05) is 65.2 Å². The molecular formula is C28H21ClN2O2S. The third-order valence-electron chi connectivity index (χ3n) is 6.49. The average molecular weight is 485 g/mol. The maximum atomic E-state index is 13.7. The van der Waals surface area contributed by atoms with Crippen molar-refractivity contribution < 1.29 is 4.74 Å². The predicted molar refractivity (Wildman–Crippen MR) is 137 cm³/mol. The highest BCUT2D eigenvalue weighted by Gasteiger charge is 2.33. The first-order chi connectivity index (χ1) is 16.6. The zero-order valence-electron chi connectivity index (χ0n) is 18.5. The summed E-state index contributed by atoms with van der Waals surface area (Å²) in [7, 11) is 1.64. The highest BCUT2D eigenvalue weighted by atomic mass is 35.5. The van der Waals surface area contributed by atoms with Crippen LogP contribution in [0, 0.1) is 0 Å². The highest BCUT2D eigenvalue weighted by molar-refractivity contribution is 7.07. The molecule has 1 aliphatic carbocycles. The molecule has 4 aromatic rings. The predicted octanol–water partition coefficient (Wildman–Crippen LogP) is 4.98. The molecule has 168 valence electrons. The molecule has 1 aromatic heterocycles. The van der Waals surface area contributed by atoms with Gasteiger partial charge < -0.3 is 4.74 Å². The van der Waals surface area contributed by atoms with Crippen LogP contribution in [0.3, 0.4) is 0 Å². The van der Waals surface area contributed by atoms with E-state index in [1.54, 1.807) is 7.11 Å². The molecule has 6 rings (SSSR count). The summed E-state index contributed by atoms with van der Waals surface area (Å²) in [5, 5.41) is 0.657. The van der Waals surface area contributed by atoms with Gasteiger partial charge in [-0.15, -0.1) is 0 Å². The van der Waals surface area contributed by atoms with Crippen molar-refractivity contribution in [2.24, 2.45) is 4.99 Å². The lowest BCUT2D eigenvalue weighted by Gasteiger charge is -2.31. The summed E-state index contributed by atoms with van der Waals surface area (Å²) in [4.78, 5) is 19.5. The van der Waals surface area contributed by atoms with Crippen LogP contribution in [0.15, 0.2) is 88.2 Å². The molecule has 0 spiro atoms. The Balaban J connectivity index is 1.61. The van der Waals surface area contributed by atoms with Crippen molar-refractivity contribution in [2.45, 2.75) is 18.9 Å². The van der Waals surface area contributed by atoms with Crippen LogP contribution in [0.4, 0.5) is 0 Å². The maximum absolute atomic E-state index is 13.7. The first-order valence-corrected chi connectivity index (χ1v) is 12.3. The summed E-state index contributed by atoms with van der Waals surface area (Å²) in [6, 6.07) is 23.6. The van der Waals surface area contributed by atoms with Crippen LogP contribution < -0.4 is 19.6 Å². The van der Waals surface area contributed by atoms with Crippen LogP contribution in [-0.4, -0.2) is 11.7 Å². The summed E-state index contributed by atoms with van der Waals surface area (Å²) in [5.41, 5.74) is 6.39. The van der Waals surface area contributed by atoms with E-state index >= 15 is 0 Å². The number of thiazole rings is 1. The van der Waals surface area contributed by atoms with Gasteiger partial charge in [-0.2, -0.15) is 0 Å². The third-order valence-corrected chi connectivity index (χ3v) is 7.81. The van der Waals surface area contributed by atoms with Crippen molar-refractivity contribution in [2.75, 3.05) is 7.11 Å². The lowest BCUT2D eigenvalue weighted by Crippen LogP contribution is -2.38. The summed E-state index contributed by atoms with van der Waals surface area (Å²) < 4.78 is 7.73. The quantitative estimate of drug-likeness (QED) is 0.411. The number of halogens is 1. The monoisotopic (exact) mass is 484 g/mol. The standard InChI is InChI=1S/C28H21ClN2O2S/c1-33-19-13-10-17(11-14-19)16-24-27(32)31-26(21-8-4-5-9-23(21)29)22-15-12-18-6-2-3-7-20(18)25(22)30-28(31)34-24/h2-11,13-14,16,26H,12,15H2,1H3/t26-/m1/s1. The van der Waals surface area contributed by atoms with Crippen LogP contribution in [0.5, 0.6) is 5.75 Å². The van der Waals surface area contributed by atoms with Gasteiger partial charge in [0, 0.05) is 10.6 Å². The van der Waals surface area contributed by atoms with Crippen molar-refractivity contribution in [1.29, 1.82) is 0 Å². The zero-order chi connectivity index (χ0) is 23.2. The van der Waals surface area contributed by atoms with Gasteiger partial charge in [0.2, 0.25) is 0 Å². The van der Waals surface area contributed by atoms with Crippen molar-refractivity contribution in [3.8, 4) is 5.75 Å². The fourth-order valence-electron chi connectivity index (χ4n) is 4.85. The Hall–Kier alpha value is -3.41. The zero-order valence-corrected chi connectivity index (χ0v) is 20.1. The molecule has 3 aromatic carbocycles. The summed E-state index contributed by atoms with van der Waals surface area (Å²) in [6.45, 7) is 0. The van der Waals surface area contributed by atoms with Gasteiger partial charge in [-0.3, -0.25) is 9.36 Å². The maximum Gasteiger partial charge on any atom is 0.271 e. The Bertz CT molecular complexity index is 1630. The number of rotatable bonds is 3. The van der Waals surface area contributed by atoms with E-state index in [0.717, 1.165) is 46.6 Å². The Kier molecular flexibility index (Phi) is 5.24. The van der Waals surface area contributed by atoms with E-state index in [-0.39, 0.29) is 11.6 Å². The largest absolute Gasteiger partial charge is 0.497 e. The molecule has 4 nitrogen and oxygen atoms in total. The number of allylic oxidation sites excluding steroid dienone is 1. The third kappa shape index (κ3) is 3.44. The van der Waals surface area contributed by atoms with Crippen molar-refractivity contribution in [1.82, 2.24) is 4.57 Å². The first kappa shape index (κ1) is 21.1. The van der Waals surface area contributed by atoms with E-state index in [0.29, 0.717) is 14.4 Å². The second kappa shape index (κ2) is 8.42. The van der Waals surface area contributed by atoms with Crippen LogP contribution in [-0.2, 0) is 6.42 Å². The van der Waals surface area contributed by atoms with Gasteiger partial charge in [0.05, 0.1) is 23.4 Å². The molecule has 0 saturated carbocycles. The molecular weight excluding hydrogens is 464 g/mol. The molecule has 0 radical (unpaired) electrons. The average Bonchev–Trinajstić information content (AvgIpc) is 3.18. The fourth-order valence-corrected chi connectivity index (χ4v) is 6.09. The second-order valence-electron chi connectivity index (χ2n) is 8.41. The van der Waals surface area contributed by atoms with Gasteiger partial charge in [0.1, 0.15) is 5.75 Å². The number of methoxy groups -OCH3 is 1. The lowest BCUT2D eigenvalue weighted by molar-refractivity contribution is 0.415. The molecule has 2 heterocycles. The molecule has 1 atom stereocenters. The van der Waals surface area contributed by atoms with Gasteiger partial charge in [-0.25, -0.2) is 4.99 Å². The van der Waals surface area contributed by atoms with Crippen molar-refractivity contribution in [3.05, 3.63) is 125 Å². The summed E-state index contributed by atoms with van der Waals surface area (Å²) in [6.07, 6.45) is 3.68. The summed E-state index contributed by atoms with van der Waals surface area (Å²) in [5.74, 6) is 0.781. The van der Waals surface area contributed by atoms with E-state index in [1.165, 1.54) is 16.9 Å². The van der Waals surface area contributed by atoms with E-state index in [2.05, 4.69) is 18.2 Å². The van der Waals surface area contributed by atoms with E-state index in [9.17, 15) is 4.79 Å². The molecule has 34 heavy (non-hydrogen) atoms. The summed E-state index contributed by atoms with van der Waals surface area (Å²) >= 11 is 8.11. The van der Waals surface area contributed by atoms with Crippen LogP contribution >= 0.6 is 22.9 Å². The molecule has 0 amide bonds. The Morgan fingerprint density at radius 1 is 1.03 bits per heavy atom. The minimum atomic E-state index is -0.272. The molecule has 6 heteroatoms. The molecule has 0 fully saturated rings. The van der Waals surface area contributed by atoms with Gasteiger partial charge in [0.25, 0.3) is 5.56 Å². The molecule has 0 N–H and O–H groups in total. The van der Waals surface area contributed by atoms with E-state index < -0.39 is 0 Å². The smallest absolute Gasteiger partial charge is 0.271 e. The van der Waals surface area contributed by atoms with Gasteiger partial charge in [-0.1, -0.05) is 77.5 Å². The van der Waals surface area contributed by atoms with Crippen LogP contribution in [0.25, 0.3) is 11.8 Å². The normalized spacial score (nSPS) is 17.0. The number of aromatic nitrogens is 1. The molecule has 1 aliphatic heterocycles. The molecule has 0 saturated heterocycles. The number of aryl methyl sites for hydroxylation is 1. The lowest BCUT2D eigenvalue weighted by atomic mass is 9.83. The van der Waals surface area contributed by atoms with Crippen LogP contribution in [0.2, 0.25) is 5.02 Å². The number of ether oxygens (including phenoxy) is 1. The topological polar surface area (TPSA) is 43.6 Å². The number of hydrogen-bond acceptors (Lipinski definition) is 4. The van der Waals surface area contributed by atoms with E-state index in [4.69, 9.17) is 21.3 Å². The molecule has 0 bridgehead atoms. The number of benzene rings is 3. The number of hydrogen-bond donors (Lipinski definition) is 0. The van der Waals surface area contributed by atoms with Crippen molar-refractivity contribution in [3.63, 3.8) is 0 Å². The second-order valence-corrected chi connectivity index (χ2v) is 9.82. The highest BCUT2D eigenvalue weighted by Crippen LogP contribution is 2.42. The first-order valence-electron chi connectivity index (χ1n) is 11.2. The molecule has 0 unspecified atom stereocenters. The number of fused-ring (bicyclic) bond motifs is 3. The van der Waals surface area contributed by atoms with Gasteiger partial charge in [-0.05, 0) is 59.4 Å². The number of nitrogens with zero attached hydrogens (tertiary/aromatic N) is 2. The van der Waals surface area contributed by atoms with Crippen molar-refractivity contribution >= 4 is 34.7 Å². The van der Waals surface area contributed by atoms with Gasteiger partial charge in [0.15, 0.2) is 4.80 Å². The Morgan fingerprint density at radius 2 is 1.79 bits per heavy atom. The minimum absolute atomic E-state index is 0.0464. The molecule has 2 aliphatic rings. The van der Waals surface area contributed by atoms with Crippen LogP contribution in [0.1, 0.15) is 34.7 Å². The minimum Gasteiger partial charge on any atom is -0.497 e.